The highest BCUT2D eigenvalue weighted by atomic mass is 79.9. The van der Waals surface area contributed by atoms with Crippen molar-refractivity contribution in [3.05, 3.63) is 23.8 Å². The predicted octanol–water partition coefficient (Wildman–Crippen LogP) is 3.63. The molecule has 1 aliphatic heterocycles. The third kappa shape index (κ3) is 8.21. The molecule has 11 heteroatoms. The van der Waals surface area contributed by atoms with Crippen molar-refractivity contribution in [3.8, 4) is 5.75 Å². The van der Waals surface area contributed by atoms with Crippen LogP contribution in [0.4, 0.5) is 5.69 Å². The van der Waals surface area contributed by atoms with Gasteiger partial charge in [0.1, 0.15) is 11.9 Å². The zero-order valence-corrected chi connectivity index (χ0v) is 22.1. The van der Waals surface area contributed by atoms with Gasteiger partial charge < -0.3 is 29.0 Å². The molecule has 0 aromatic heterocycles. The van der Waals surface area contributed by atoms with Crippen LogP contribution in [0.15, 0.2) is 18.2 Å². The summed E-state index contributed by atoms with van der Waals surface area (Å²) >= 11 is 3.40. The van der Waals surface area contributed by atoms with Crippen LogP contribution in [0.25, 0.3) is 0 Å². The minimum atomic E-state index is -1.25. The van der Waals surface area contributed by atoms with Crippen molar-refractivity contribution in [1.29, 1.82) is 0 Å². The first-order valence-electron chi connectivity index (χ1n) is 11.4. The Morgan fingerprint density at radius 3 is 2.09 bits per heavy atom. The second-order valence-corrected chi connectivity index (χ2v) is 8.61. The second-order valence-electron chi connectivity index (χ2n) is 8.05. The molecule has 1 heterocycles. The number of esters is 3. The molecule has 0 radical (unpaired) electrons. The van der Waals surface area contributed by atoms with Crippen LogP contribution in [-0.2, 0) is 43.5 Å². The standard InChI is InChI=1S/C24H32BrNO9/c1-6-8-20(30)26-17-11-16(12-25)9-10-19(17)35-24-23(33-15(5)29)22(32-14(4)28)21(31-13(3)27)18(7-2)34-24/h9-11,18,21-24H,6-8,12H2,1-5H3,(H,26,30)/t18-,21-,22+,23+,24-/m1/s1. The van der Waals surface area contributed by atoms with Gasteiger partial charge in [0.2, 0.25) is 18.3 Å². The lowest BCUT2D eigenvalue weighted by molar-refractivity contribution is -0.283. The van der Waals surface area contributed by atoms with Crippen LogP contribution in [0.2, 0.25) is 0 Å². The summed E-state index contributed by atoms with van der Waals surface area (Å²) in [5.74, 6) is -1.87. The molecule has 0 spiro atoms. The van der Waals surface area contributed by atoms with E-state index >= 15 is 0 Å². The Kier molecular flexibility index (Phi) is 11.0. The first-order valence-corrected chi connectivity index (χ1v) is 12.5. The van der Waals surface area contributed by atoms with E-state index in [2.05, 4.69) is 21.2 Å². The van der Waals surface area contributed by atoms with Gasteiger partial charge in [0.05, 0.1) is 5.69 Å². The van der Waals surface area contributed by atoms with E-state index in [0.29, 0.717) is 30.3 Å². The molecule has 35 heavy (non-hydrogen) atoms. The molecule has 1 saturated heterocycles. The van der Waals surface area contributed by atoms with Crippen molar-refractivity contribution in [3.63, 3.8) is 0 Å². The molecule has 0 unspecified atom stereocenters. The highest BCUT2D eigenvalue weighted by molar-refractivity contribution is 9.08. The number of rotatable bonds is 10. The number of halogens is 1. The first-order chi connectivity index (χ1) is 16.6. The maximum atomic E-state index is 12.3. The lowest BCUT2D eigenvalue weighted by Gasteiger charge is -2.44. The van der Waals surface area contributed by atoms with Crippen molar-refractivity contribution in [2.24, 2.45) is 0 Å². The van der Waals surface area contributed by atoms with Gasteiger partial charge in [0, 0.05) is 32.5 Å². The van der Waals surface area contributed by atoms with Gasteiger partial charge in [-0.25, -0.2) is 0 Å². The molecule has 0 bridgehead atoms. The molecule has 0 saturated carbocycles. The molecule has 1 amide bonds. The molecule has 2 rings (SSSR count). The van der Waals surface area contributed by atoms with Gasteiger partial charge >= 0.3 is 17.9 Å². The van der Waals surface area contributed by atoms with Gasteiger partial charge in [-0.1, -0.05) is 35.8 Å². The average molecular weight is 558 g/mol. The Bertz CT molecular complexity index is 922. The van der Waals surface area contributed by atoms with Gasteiger partial charge in [0.15, 0.2) is 12.2 Å². The number of alkyl halides is 1. The Balaban J connectivity index is 2.48. The van der Waals surface area contributed by atoms with Gasteiger partial charge in [0.25, 0.3) is 0 Å². The average Bonchev–Trinajstić information content (AvgIpc) is 2.77. The normalized spacial score (nSPS) is 23.7. The number of benzene rings is 1. The van der Waals surface area contributed by atoms with E-state index in [1.54, 1.807) is 25.1 Å². The summed E-state index contributed by atoms with van der Waals surface area (Å²) in [6.07, 6.45) is -4.03. The highest BCUT2D eigenvalue weighted by Crippen LogP contribution is 2.35. The number of anilines is 1. The van der Waals surface area contributed by atoms with Crippen LogP contribution >= 0.6 is 15.9 Å². The lowest BCUT2D eigenvalue weighted by Crippen LogP contribution is -2.62. The zero-order valence-electron chi connectivity index (χ0n) is 20.5. The van der Waals surface area contributed by atoms with Gasteiger partial charge in [-0.3, -0.25) is 19.2 Å². The Morgan fingerprint density at radius 1 is 0.943 bits per heavy atom. The van der Waals surface area contributed by atoms with Crippen molar-refractivity contribution >= 4 is 45.4 Å². The first kappa shape index (κ1) is 28.6. The third-order valence-corrected chi connectivity index (χ3v) is 5.74. The number of hydrogen-bond acceptors (Lipinski definition) is 9. The SMILES string of the molecule is CCCC(=O)Nc1cc(CBr)ccc1O[C@H]1O[C@H](CC)[C@@H](OC(C)=O)[C@H](OC(C)=O)[C@@H]1OC(C)=O. The molecule has 1 aromatic carbocycles. The summed E-state index contributed by atoms with van der Waals surface area (Å²) in [6, 6.07) is 5.21. The minimum Gasteiger partial charge on any atom is -0.459 e. The maximum absolute atomic E-state index is 12.3. The molecule has 1 N–H and O–H groups in total. The van der Waals surface area contributed by atoms with Crippen molar-refractivity contribution in [2.75, 3.05) is 5.32 Å². The summed E-state index contributed by atoms with van der Waals surface area (Å²) < 4.78 is 28.5. The van der Waals surface area contributed by atoms with E-state index in [-0.39, 0.29) is 11.7 Å². The predicted molar refractivity (Wildman–Crippen MR) is 129 cm³/mol. The van der Waals surface area contributed by atoms with Crippen molar-refractivity contribution < 1.29 is 42.9 Å². The molecule has 5 atom stereocenters. The van der Waals surface area contributed by atoms with E-state index in [0.717, 1.165) is 5.56 Å². The van der Waals surface area contributed by atoms with Crippen LogP contribution in [0.1, 0.15) is 59.4 Å². The van der Waals surface area contributed by atoms with Crippen LogP contribution < -0.4 is 10.1 Å². The monoisotopic (exact) mass is 557 g/mol. The van der Waals surface area contributed by atoms with Gasteiger partial charge in [-0.15, -0.1) is 0 Å². The largest absolute Gasteiger partial charge is 0.459 e. The fourth-order valence-corrected chi connectivity index (χ4v) is 4.05. The van der Waals surface area contributed by atoms with E-state index in [1.165, 1.54) is 20.8 Å². The summed E-state index contributed by atoms with van der Waals surface area (Å²) in [5, 5.41) is 3.38. The minimum absolute atomic E-state index is 0.190. The molecule has 10 nitrogen and oxygen atoms in total. The van der Waals surface area contributed by atoms with Gasteiger partial charge in [-0.05, 0) is 30.5 Å². The number of ether oxygens (including phenoxy) is 5. The van der Waals surface area contributed by atoms with Crippen molar-refractivity contribution in [2.45, 2.75) is 89.9 Å². The molecule has 1 aliphatic rings. The zero-order chi connectivity index (χ0) is 26.1. The summed E-state index contributed by atoms with van der Waals surface area (Å²) in [7, 11) is 0. The molecular weight excluding hydrogens is 526 g/mol. The van der Waals surface area contributed by atoms with E-state index in [1.807, 2.05) is 6.92 Å². The Morgan fingerprint density at radius 2 is 1.54 bits per heavy atom. The summed E-state index contributed by atoms with van der Waals surface area (Å²) in [6.45, 7) is 7.30. The topological polar surface area (TPSA) is 126 Å². The highest BCUT2D eigenvalue weighted by Gasteiger charge is 2.52. The lowest BCUT2D eigenvalue weighted by atomic mass is 9.96. The molecule has 194 valence electrons. The second kappa shape index (κ2) is 13.4. The molecule has 1 aromatic rings. The van der Waals surface area contributed by atoms with Crippen LogP contribution in [0.5, 0.6) is 5.75 Å². The maximum Gasteiger partial charge on any atom is 0.303 e. The number of hydrogen-bond donors (Lipinski definition) is 1. The number of amides is 1. The summed E-state index contributed by atoms with van der Waals surface area (Å²) in [4.78, 5) is 47.9. The molecule has 1 fully saturated rings. The number of carbonyl (C=O) groups is 4. The summed E-state index contributed by atoms with van der Waals surface area (Å²) in [5.41, 5.74) is 1.30. The fourth-order valence-electron chi connectivity index (χ4n) is 3.70. The van der Waals surface area contributed by atoms with Crippen LogP contribution in [0, 0.1) is 0 Å². The number of carbonyl (C=O) groups excluding carboxylic acids is 4. The van der Waals surface area contributed by atoms with Crippen LogP contribution in [-0.4, -0.2) is 54.5 Å². The van der Waals surface area contributed by atoms with Crippen molar-refractivity contribution in [1.82, 2.24) is 0 Å². The van der Waals surface area contributed by atoms with Gasteiger partial charge in [-0.2, -0.15) is 0 Å². The quantitative estimate of drug-likeness (QED) is 0.260. The van der Waals surface area contributed by atoms with E-state index in [4.69, 9.17) is 23.7 Å². The fraction of sp³-hybridized carbons (Fsp3) is 0.583. The molecular formula is C24H32BrNO9. The third-order valence-electron chi connectivity index (χ3n) is 5.09. The number of nitrogens with one attached hydrogen (secondary N) is 1. The van der Waals surface area contributed by atoms with E-state index < -0.39 is 48.6 Å². The van der Waals surface area contributed by atoms with E-state index in [9.17, 15) is 19.2 Å². The smallest absolute Gasteiger partial charge is 0.303 e. The Labute approximate surface area is 213 Å². The molecule has 0 aliphatic carbocycles. The Hall–Kier alpha value is -2.66. The van der Waals surface area contributed by atoms with Crippen LogP contribution in [0.3, 0.4) is 0 Å².